The topological polar surface area (TPSA) is 37.3 Å². The van der Waals surface area contributed by atoms with E-state index < -0.39 is 5.97 Å². The molecule has 0 atom stereocenters. The van der Waals surface area contributed by atoms with Crippen molar-refractivity contribution in [3.05, 3.63) is 44.7 Å². The number of aromatic carboxylic acids is 1. The highest BCUT2D eigenvalue weighted by Crippen LogP contribution is 2.44. The molecule has 0 radical (unpaired) electrons. The van der Waals surface area contributed by atoms with Gasteiger partial charge >= 0.3 is 5.97 Å². The molecule has 0 aliphatic heterocycles. The summed E-state index contributed by atoms with van der Waals surface area (Å²) in [5.74, 6) is -0.837. The van der Waals surface area contributed by atoms with Crippen LogP contribution in [0.25, 0.3) is 10.4 Å². The third kappa shape index (κ3) is 1.33. The molecule has 16 heavy (non-hydrogen) atoms. The lowest BCUT2D eigenvalue weighted by Crippen LogP contribution is -1.91. The molecule has 1 aliphatic rings. The van der Waals surface area contributed by atoms with Gasteiger partial charge in [0.1, 0.15) is 4.88 Å². The van der Waals surface area contributed by atoms with Crippen molar-refractivity contribution in [2.75, 3.05) is 0 Å². The van der Waals surface area contributed by atoms with E-state index in [-0.39, 0.29) is 0 Å². The van der Waals surface area contributed by atoms with Crippen LogP contribution in [-0.2, 0) is 6.42 Å². The largest absolute Gasteiger partial charge is 0.477 e. The number of carboxylic acid groups (broad SMARTS) is 1. The fraction of sp³-hybridized carbons (Fsp3) is 0.0833. The van der Waals surface area contributed by atoms with Crippen molar-refractivity contribution in [1.82, 2.24) is 0 Å². The first kappa shape index (κ1) is 10.1. The smallest absolute Gasteiger partial charge is 0.345 e. The second-order valence-electron chi connectivity index (χ2n) is 3.71. The molecule has 0 fully saturated rings. The van der Waals surface area contributed by atoms with Crippen molar-refractivity contribution >= 4 is 33.2 Å². The monoisotopic (exact) mass is 294 g/mol. The Balaban J connectivity index is 2.20. The molecule has 0 spiro atoms. The fourth-order valence-corrected chi connectivity index (χ4v) is 3.61. The number of hydrogen-bond acceptors (Lipinski definition) is 2. The zero-order valence-corrected chi connectivity index (χ0v) is 10.6. The normalized spacial score (nSPS) is 12.3. The summed E-state index contributed by atoms with van der Waals surface area (Å²) in [5, 5.41) is 8.95. The zero-order chi connectivity index (χ0) is 11.3. The molecule has 2 aromatic rings. The molecule has 0 saturated heterocycles. The van der Waals surface area contributed by atoms with Crippen LogP contribution in [0.2, 0.25) is 0 Å². The number of rotatable bonds is 1. The lowest BCUT2D eigenvalue weighted by molar-refractivity contribution is 0.0702. The van der Waals surface area contributed by atoms with Crippen LogP contribution in [0.4, 0.5) is 0 Å². The third-order valence-electron chi connectivity index (χ3n) is 2.75. The van der Waals surface area contributed by atoms with Crippen LogP contribution >= 0.6 is 27.3 Å². The lowest BCUT2D eigenvalue weighted by Gasteiger charge is -2.01. The first-order chi connectivity index (χ1) is 7.66. The van der Waals surface area contributed by atoms with Gasteiger partial charge in [-0.15, -0.1) is 11.3 Å². The summed E-state index contributed by atoms with van der Waals surface area (Å²) in [6.45, 7) is 0. The van der Waals surface area contributed by atoms with Crippen LogP contribution in [0.5, 0.6) is 0 Å². The van der Waals surface area contributed by atoms with Crippen molar-refractivity contribution in [3.63, 3.8) is 0 Å². The average Bonchev–Trinajstić information content (AvgIpc) is 2.76. The highest BCUT2D eigenvalue weighted by atomic mass is 79.9. The van der Waals surface area contributed by atoms with E-state index in [9.17, 15) is 4.79 Å². The standard InChI is InChI=1S/C12H7BrO2S/c13-9-3-1-2-7-8(9)4-6-5-10(12(14)15)16-11(6)7/h1-3,5H,4H2,(H,14,15). The Hall–Kier alpha value is -1.13. The van der Waals surface area contributed by atoms with Crippen LogP contribution in [0.15, 0.2) is 28.7 Å². The summed E-state index contributed by atoms with van der Waals surface area (Å²) < 4.78 is 1.10. The van der Waals surface area contributed by atoms with Gasteiger partial charge in [0.25, 0.3) is 0 Å². The summed E-state index contributed by atoms with van der Waals surface area (Å²) >= 11 is 4.89. The van der Waals surface area contributed by atoms with Gasteiger partial charge in [-0.1, -0.05) is 28.1 Å². The molecular formula is C12H7BrO2S. The van der Waals surface area contributed by atoms with Crippen molar-refractivity contribution in [3.8, 4) is 10.4 Å². The summed E-state index contributed by atoms with van der Waals surface area (Å²) in [6.07, 6.45) is 0.829. The van der Waals surface area contributed by atoms with Crippen molar-refractivity contribution < 1.29 is 9.90 Å². The van der Waals surface area contributed by atoms with E-state index in [4.69, 9.17) is 5.11 Å². The molecule has 3 rings (SSSR count). The summed E-state index contributed by atoms with van der Waals surface area (Å²) in [5.41, 5.74) is 3.56. The minimum Gasteiger partial charge on any atom is -0.477 e. The maximum absolute atomic E-state index is 10.9. The summed E-state index contributed by atoms with van der Waals surface area (Å²) in [7, 11) is 0. The Kier molecular flexibility index (Phi) is 2.16. The fourth-order valence-electron chi connectivity index (χ4n) is 2.03. The molecule has 80 valence electrons. The molecule has 0 amide bonds. The first-order valence-electron chi connectivity index (χ1n) is 4.80. The number of carboxylic acids is 1. The number of benzene rings is 1. The maximum Gasteiger partial charge on any atom is 0.345 e. The SMILES string of the molecule is O=C(O)c1cc2c(s1)-c1cccc(Br)c1C2. The second kappa shape index (κ2) is 3.43. The number of fused-ring (bicyclic) bond motifs is 3. The van der Waals surface area contributed by atoms with Crippen molar-refractivity contribution in [1.29, 1.82) is 0 Å². The molecular weight excluding hydrogens is 288 g/mol. The molecule has 1 N–H and O–H groups in total. The van der Waals surface area contributed by atoms with E-state index in [0.717, 1.165) is 21.3 Å². The van der Waals surface area contributed by atoms with E-state index in [1.165, 1.54) is 22.5 Å². The Morgan fingerprint density at radius 1 is 1.44 bits per heavy atom. The van der Waals surface area contributed by atoms with Gasteiger partial charge < -0.3 is 5.11 Å². The first-order valence-corrected chi connectivity index (χ1v) is 6.41. The Bertz CT molecular complexity index is 601. The predicted octanol–water partition coefficient (Wildman–Crippen LogP) is 3.78. The molecule has 0 unspecified atom stereocenters. The molecule has 1 aromatic carbocycles. The van der Waals surface area contributed by atoms with E-state index in [0.29, 0.717) is 4.88 Å². The molecule has 1 aromatic heterocycles. The van der Waals surface area contributed by atoms with Crippen molar-refractivity contribution in [2.24, 2.45) is 0 Å². The highest BCUT2D eigenvalue weighted by Gasteiger charge is 2.24. The predicted molar refractivity (Wildman–Crippen MR) is 67.2 cm³/mol. The second-order valence-corrected chi connectivity index (χ2v) is 5.62. The highest BCUT2D eigenvalue weighted by molar-refractivity contribution is 9.10. The minimum atomic E-state index is -0.837. The van der Waals surface area contributed by atoms with Gasteiger partial charge in [0.15, 0.2) is 0 Å². The molecule has 0 bridgehead atoms. The quantitative estimate of drug-likeness (QED) is 0.742. The summed E-state index contributed by atoms with van der Waals surface area (Å²) in [4.78, 5) is 12.4. The van der Waals surface area contributed by atoms with E-state index in [2.05, 4.69) is 15.9 Å². The Morgan fingerprint density at radius 2 is 2.25 bits per heavy atom. The number of halogens is 1. The van der Waals surface area contributed by atoms with Crippen molar-refractivity contribution in [2.45, 2.75) is 6.42 Å². The van der Waals surface area contributed by atoms with E-state index in [1.807, 2.05) is 18.2 Å². The number of carbonyl (C=O) groups is 1. The zero-order valence-electron chi connectivity index (χ0n) is 8.16. The molecule has 2 nitrogen and oxygen atoms in total. The van der Waals surface area contributed by atoms with Gasteiger partial charge in [-0.25, -0.2) is 4.79 Å². The van der Waals surface area contributed by atoms with E-state index >= 15 is 0 Å². The van der Waals surface area contributed by atoms with E-state index in [1.54, 1.807) is 6.07 Å². The van der Waals surface area contributed by atoms with Gasteiger partial charge in [0.05, 0.1) is 0 Å². The van der Waals surface area contributed by atoms with Gasteiger partial charge in [0, 0.05) is 15.8 Å². The Labute approximate surface area is 105 Å². The number of hydrogen-bond donors (Lipinski definition) is 1. The van der Waals surface area contributed by atoms with Crippen LogP contribution in [0.3, 0.4) is 0 Å². The molecule has 4 heteroatoms. The van der Waals surface area contributed by atoms with Crippen LogP contribution in [0.1, 0.15) is 20.8 Å². The number of thiophene rings is 1. The molecule has 1 aliphatic carbocycles. The van der Waals surface area contributed by atoms with Gasteiger partial charge in [-0.2, -0.15) is 0 Å². The van der Waals surface area contributed by atoms with Crippen LogP contribution in [-0.4, -0.2) is 11.1 Å². The van der Waals surface area contributed by atoms with Gasteiger partial charge in [-0.3, -0.25) is 0 Å². The Morgan fingerprint density at radius 3 is 3.00 bits per heavy atom. The maximum atomic E-state index is 10.9. The van der Waals surface area contributed by atoms with Crippen LogP contribution < -0.4 is 0 Å². The third-order valence-corrected chi connectivity index (χ3v) is 4.69. The van der Waals surface area contributed by atoms with Crippen LogP contribution in [0, 0.1) is 0 Å². The minimum absolute atomic E-state index is 0.427. The summed E-state index contributed by atoms with van der Waals surface area (Å²) in [6, 6.07) is 7.84. The van der Waals surface area contributed by atoms with Gasteiger partial charge in [0.2, 0.25) is 0 Å². The molecule has 1 heterocycles. The average molecular weight is 295 g/mol. The van der Waals surface area contributed by atoms with Gasteiger partial charge in [-0.05, 0) is 28.8 Å². The lowest BCUT2D eigenvalue weighted by atomic mass is 10.1. The molecule has 0 saturated carbocycles.